The molecule has 0 aromatic rings. The van der Waals surface area contributed by atoms with E-state index in [0.29, 0.717) is 12.6 Å². The largest absolute Gasteiger partial charge is 0.314 e. The summed E-state index contributed by atoms with van der Waals surface area (Å²) in [5.74, 6) is 0.493. The molecular weight excluding hydrogens is 216 g/mol. The number of fused-ring (bicyclic) bond motifs is 2. The van der Waals surface area contributed by atoms with Gasteiger partial charge in [-0.1, -0.05) is 0 Å². The van der Waals surface area contributed by atoms with E-state index in [2.05, 4.69) is 5.32 Å². The zero-order chi connectivity index (χ0) is 11.8. The highest BCUT2D eigenvalue weighted by atomic mass is 16.2. The van der Waals surface area contributed by atoms with Gasteiger partial charge >= 0.3 is 0 Å². The molecular formula is C13H20N2O2. The molecule has 2 amide bonds. The van der Waals surface area contributed by atoms with E-state index in [1.807, 2.05) is 0 Å². The van der Waals surface area contributed by atoms with Crippen LogP contribution in [0.15, 0.2) is 0 Å². The molecule has 3 aliphatic rings. The van der Waals surface area contributed by atoms with Crippen LogP contribution in [0.25, 0.3) is 0 Å². The summed E-state index contributed by atoms with van der Waals surface area (Å²) in [5, 5.41) is 3.41. The third kappa shape index (κ3) is 1.99. The number of carbonyl (C=O) groups is 2. The molecule has 0 aromatic carbocycles. The Labute approximate surface area is 102 Å². The number of likely N-dealkylation sites (tertiary alicyclic amines) is 1. The molecule has 1 aliphatic carbocycles. The van der Waals surface area contributed by atoms with Crippen molar-refractivity contribution >= 4 is 11.8 Å². The normalized spacial score (nSPS) is 36.9. The molecule has 3 rings (SSSR count). The van der Waals surface area contributed by atoms with Gasteiger partial charge < -0.3 is 5.32 Å². The van der Waals surface area contributed by atoms with Gasteiger partial charge in [-0.2, -0.15) is 0 Å². The van der Waals surface area contributed by atoms with E-state index < -0.39 is 0 Å². The molecule has 2 saturated heterocycles. The SMILES string of the molecule is O=C1C2CCC(C2)C(=O)N1CCC1CCCN1. The molecule has 2 aliphatic heterocycles. The van der Waals surface area contributed by atoms with Crippen LogP contribution in [0.3, 0.4) is 0 Å². The minimum atomic E-state index is 0.0988. The van der Waals surface area contributed by atoms with Crippen molar-refractivity contribution in [2.45, 2.75) is 44.6 Å². The second-order valence-electron chi connectivity index (χ2n) is 5.62. The number of imide groups is 1. The van der Waals surface area contributed by atoms with E-state index in [0.717, 1.165) is 32.2 Å². The predicted molar refractivity (Wildman–Crippen MR) is 63.2 cm³/mol. The van der Waals surface area contributed by atoms with E-state index in [-0.39, 0.29) is 23.7 Å². The molecule has 2 bridgehead atoms. The molecule has 0 aromatic heterocycles. The van der Waals surface area contributed by atoms with Gasteiger partial charge in [-0.3, -0.25) is 14.5 Å². The Morgan fingerprint density at radius 3 is 2.41 bits per heavy atom. The summed E-state index contributed by atoms with van der Waals surface area (Å²) in [4.78, 5) is 25.7. The molecule has 3 fully saturated rings. The summed E-state index contributed by atoms with van der Waals surface area (Å²) in [6.07, 6.45) is 5.99. The zero-order valence-corrected chi connectivity index (χ0v) is 10.2. The van der Waals surface area contributed by atoms with Crippen molar-refractivity contribution in [2.75, 3.05) is 13.1 Å². The molecule has 0 spiro atoms. The first kappa shape index (κ1) is 11.2. The topological polar surface area (TPSA) is 49.4 Å². The standard InChI is InChI=1S/C13H20N2O2/c16-12-9-3-4-10(8-9)13(17)15(12)7-5-11-2-1-6-14-11/h9-11,14H,1-8H2. The first-order valence-corrected chi connectivity index (χ1v) is 6.84. The van der Waals surface area contributed by atoms with Gasteiger partial charge in [0.05, 0.1) is 0 Å². The highest BCUT2D eigenvalue weighted by Crippen LogP contribution is 2.38. The Bertz CT molecular complexity index is 314. The fourth-order valence-corrected chi connectivity index (χ4v) is 3.49. The lowest BCUT2D eigenvalue weighted by Crippen LogP contribution is -2.47. The van der Waals surface area contributed by atoms with Gasteiger partial charge in [0, 0.05) is 24.4 Å². The second kappa shape index (κ2) is 4.41. The Morgan fingerprint density at radius 2 is 1.82 bits per heavy atom. The van der Waals surface area contributed by atoms with E-state index in [1.165, 1.54) is 12.8 Å². The molecule has 0 radical (unpaired) electrons. The van der Waals surface area contributed by atoms with Crippen molar-refractivity contribution in [2.24, 2.45) is 11.8 Å². The van der Waals surface area contributed by atoms with Crippen molar-refractivity contribution < 1.29 is 9.59 Å². The average Bonchev–Trinajstić information content (AvgIpc) is 2.97. The number of nitrogens with one attached hydrogen (secondary N) is 1. The van der Waals surface area contributed by atoms with Crippen molar-refractivity contribution in [3.63, 3.8) is 0 Å². The monoisotopic (exact) mass is 236 g/mol. The van der Waals surface area contributed by atoms with Gasteiger partial charge in [-0.25, -0.2) is 0 Å². The van der Waals surface area contributed by atoms with Crippen LogP contribution >= 0.6 is 0 Å². The van der Waals surface area contributed by atoms with Crippen LogP contribution in [0.1, 0.15) is 38.5 Å². The van der Waals surface area contributed by atoms with Crippen molar-refractivity contribution in [1.82, 2.24) is 10.2 Å². The minimum absolute atomic E-state index is 0.0988. The van der Waals surface area contributed by atoms with Crippen molar-refractivity contribution in [3.05, 3.63) is 0 Å². The Morgan fingerprint density at radius 1 is 1.12 bits per heavy atom. The van der Waals surface area contributed by atoms with Crippen LogP contribution in [0.4, 0.5) is 0 Å². The van der Waals surface area contributed by atoms with Crippen molar-refractivity contribution in [3.8, 4) is 0 Å². The van der Waals surface area contributed by atoms with Gasteiger partial charge in [0.15, 0.2) is 0 Å². The summed E-state index contributed by atoms with van der Waals surface area (Å²) in [6, 6.07) is 0.509. The molecule has 1 N–H and O–H groups in total. The fourth-order valence-electron chi connectivity index (χ4n) is 3.49. The number of carbonyl (C=O) groups excluding carboxylic acids is 2. The predicted octanol–water partition coefficient (Wildman–Crippen LogP) is 0.914. The first-order chi connectivity index (χ1) is 8.25. The van der Waals surface area contributed by atoms with E-state index in [1.54, 1.807) is 4.90 Å². The number of hydrogen-bond donors (Lipinski definition) is 1. The lowest BCUT2D eigenvalue weighted by Gasteiger charge is -2.30. The maximum absolute atomic E-state index is 12.1. The Kier molecular flexibility index (Phi) is 2.90. The fraction of sp³-hybridized carbons (Fsp3) is 0.846. The van der Waals surface area contributed by atoms with Gasteiger partial charge in [-0.05, 0) is 45.1 Å². The number of piperidine rings is 1. The number of rotatable bonds is 3. The molecule has 94 valence electrons. The molecule has 4 heteroatoms. The van der Waals surface area contributed by atoms with Gasteiger partial charge in [0.1, 0.15) is 0 Å². The molecule has 17 heavy (non-hydrogen) atoms. The molecule has 4 nitrogen and oxygen atoms in total. The molecule has 3 unspecified atom stereocenters. The second-order valence-corrected chi connectivity index (χ2v) is 5.62. The zero-order valence-electron chi connectivity index (χ0n) is 10.2. The smallest absolute Gasteiger partial charge is 0.232 e. The number of hydrogen-bond acceptors (Lipinski definition) is 3. The first-order valence-electron chi connectivity index (χ1n) is 6.84. The van der Waals surface area contributed by atoms with Crippen LogP contribution in [0.2, 0.25) is 0 Å². The molecule has 3 atom stereocenters. The maximum Gasteiger partial charge on any atom is 0.232 e. The molecule has 2 heterocycles. The van der Waals surface area contributed by atoms with Gasteiger partial charge in [0.2, 0.25) is 11.8 Å². The summed E-state index contributed by atoms with van der Waals surface area (Å²) >= 11 is 0. The third-order valence-corrected chi connectivity index (χ3v) is 4.53. The van der Waals surface area contributed by atoms with E-state index >= 15 is 0 Å². The van der Waals surface area contributed by atoms with Gasteiger partial charge in [0.25, 0.3) is 0 Å². The average molecular weight is 236 g/mol. The van der Waals surface area contributed by atoms with Crippen molar-refractivity contribution in [1.29, 1.82) is 0 Å². The highest BCUT2D eigenvalue weighted by molar-refractivity contribution is 6.00. The summed E-state index contributed by atoms with van der Waals surface area (Å²) in [7, 11) is 0. The van der Waals surface area contributed by atoms with E-state index in [9.17, 15) is 9.59 Å². The summed E-state index contributed by atoms with van der Waals surface area (Å²) in [6.45, 7) is 1.71. The van der Waals surface area contributed by atoms with Gasteiger partial charge in [-0.15, -0.1) is 0 Å². The minimum Gasteiger partial charge on any atom is -0.314 e. The lowest BCUT2D eigenvalue weighted by molar-refractivity contribution is -0.152. The van der Waals surface area contributed by atoms with Crippen LogP contribution in [-0.2, 0) is 9.59 Å². The van der Waals surface area contributed by atoms with E-state index in [4.69, 9.17) is 0 Å². The highest BCUT2D eigenvalue weighted by Gasteiger charge is 2.44. The quantitative estimate of drug-likeness (QED) is 0.741. The summed E-state index contributed by atoms with van der Waals surface area (Å²) in [5.41, 5.74) is 0. The number of nitrogens with zero attached hydrogens (tertiary/aromatic N) is 1. The Hall–Kier alpha value is -0.900. The van der Waals surface area contributed by atoms with Crippen LogP contribution in [0.5, 0.6) is 0 Å². The van der Waals surface area contributed by atoms with Crippen LogP contribution < -0.4 is 5.32 Å². The summed E-state index contributed by atoms with van der Waals surface area (Å²) < 4.78 is 0. The maximum atomic E-state index is 12.1. The van der Waals surface area contributed by atoms with Crippen LogP contribution in [-0.4, -0.2) is 35.8 Å². The Balaban J connectivity index is 1.61. The van der Waals surface area contributed by atoms with Crippen LogP contribution in [0, 0.1) is 11.8 Å². The molecule has 1 saturated carbocycles. The third-order valence-electron chi connectivity index (χ3n) is 4.53. The number of amides is 2. The lowest BCUT2D eigenvalue weighted by atomic mass is 9.96.